The molecule has 0 atom stereocenters. The third kappa shape index (κ3) is 6.73. The Hall–Kier alpha value is -2.73. The van der Waals surface area contributed by atoms with E-state index in [9.17, 15) is 9.59 Å². The monoisotopic (exact) mass is 363 g/mol. The minimum absolute atomic E-state index is 0.294. The molecule has 0 bridgehead atoms. The summed E-state index contributed by atoms with van der Waals surface area (Å²) in [6, 6.07) is 13.4. The average Bonchev–Trinajstić information content (AvgIpc) is 2.61. The number of carbonyl (C=O) groups is 2. The summed E-state index contributed by atoms with van der Waals surface area (Å²) in [6.07, 6.45) is 0. The van der Waals surface area contributed by atoms with Crippen LogP contribution in [0.4, 0.5) is 5.69 Å². The third-order valence-electron chi connectivity index (χ3n) is 2.98. The number of carbonyl (C=O) groups excluding carboxylic acids is 2. The fourth-order valence-corrected chi connectivity index (χ4v) is 1.99. The molecule has 0 saturated heterocycles. The molecule has 0 unspecified atom stereocenters. The van der Waals surface area contributed by atoms with E-state index in [2.05, 4.69) is 5.32 Å². The first-order valence-electron chi connectivity index (χ1n) is 7.63. The lowest BCUT2D eigenvalue weighted by molar-refractivity contribution is -0.149. The number of anilines is 1. The number of nitrogens with one attached hydrogen (secondary N) is 1. The van der Waals surface area contributed by atoms with Crippen LogP contribution in [0.3, 0.4) is 0 Å². The minimum atomic E-state index is -0.642. The molecule has 132 valence electrons. The summed E-state index contributed by atoms with van der Waals surface area (Å²) in [6.45, 7) is 1.77. The van der Waals surface area contributed by atoms with Gasteiger partial charge in [-0.25, -0.2) is 4.79 Å². The molecule has 0 saturated carbocycles. The van der Waals surface area contributed by atoms with Gasteiger partial charge in [0.15, 0.2) is 13.2 Å². The number of rotatable bonds is 8. The second-order valence-electron chi connectivity index (χ2n) is 4.91. The van der Waals surface area contributed by atoms with Gasteiger partial charge < -0.3 is 19.5 Å². The van der Waals surface area contributed by atoms with Crippen LogP contribution in [0, 0.1) is 0 Å². The summed E-state index contributed by atoms with van der Waals surface area (Å²) in [5.74, 6) is 0.118. The van der Waals surface area contributed by atoms with Crippen molar-refractivity contribution in [2.45, 2.75) is 6.92 Å². The number of hydrogen-bond donors (Lipinski definition) is 1. The van der Waals surface area contributed by atoms with Gasteiger partial charge in [0.1, 0.15) is 11.5 Å². The SMILES string of the molecule is CCOc1ccc(NC(=O)COC(=O)COc2ccc(Cl)cc2)cc1. The van der Waals surface area contributed by atoms with Crippen molar-refractivity contribution in [3.8, 4) is 11.5 Å². The summed E-state index contributed by atoms with van der Waals surface area (Å²) in [5.41, 5.74) is 0.585. The molecule has 0 aliphatic rings. The lowest BCUT2D eigenvalue weighted by atomic mass is 10.3. The van der Waals surface area contributed by atoms with Crippen LogP contribution in [0.5, 0.6) is 11.5 Å². The fraction of sp³-hybridized carbons (Fsp3) is 0.222. The highest BCUT2D eigenvalue weighted by molar-refractivity contribution is 6.30. The number of esters is 1. The van der Waals surface area contributed by atoms with Gasteiger partial charge in [-0.3, -0.25) is 4.79 Å². The molecule has 1 N–H and O–H groups in total. The van der Waals surface area contributed by atoms with Gasteiger partial charge in [0, 0.05) is 10.7 Å². The molecule has 0 aromatic heterocycles. The zero-order valence-corrected chi connectivity index (χ0v) is 14.4. The second kappa shape index (κ2) is 9.54. The summed E-state index contributed by atoms with van der Waals surface area (Å²) in [4.78, 5) is 23.4. The Bertz CT molecular complexity index is 700. The number of hydrogen-bond acceptors (Lipinski definition) is 5. The highest BCUT2D eigenvalue weighted by Gasteiger charge is 2.09. The molecule has 1 amide bonds. The summed E-state index contributed by atoms with van der Waals surface area (Å²) in [5, 5.41) is 3.19. The molecular weight excluding hydrogens is 346 g/mol. The normalized spacial score (nSPS) is 10.0. The first kappa shape index (κ1) is 18.6. The van der Waals surface area contributed by atoms with Crippen molar-refractivity contribution in [2.75, 3.05) is 25.1 Å². The molecule has 6 nitrogen and oxygen atoms in total. The van der Waals surface area contributed by atoms with Crippen molar-refractivity contribution >= 4 is 29.2 Å². The van der Waals surface area contributed by atoms with Crippen LogP contribution in [0.15, 0.2) is 48.5 Å². The van der Waals surface area contributed by atoms with Crippen molar-refractivity contribution in [3.05, 3.63) is 53.6 Å². The van der Waals surface area contributed by atoms with Crippen LogP contribution in [-0.4, -0.2) is 31.7 Å². The standard InChI is InChI=1S/C18H18ClNO5/c1-2-23-15-9-5-14(6-10-15)20-17(21)11-25-18(22)12-24-16-7-3-13(19)4-8-16/h3-10H,2,11-12H2,1H3,(H,20,21). The number of benzene rings is 2. The first-order chi connectivity index (χ1) is 12.1. The Balaban J connectivity index is 1.69. The Labute approximate surface area is 150 Å². The van der Waals surface area contributed by atoms with Crippen LogP contribution in [0.1, 0.15) is 6.92 Å². The van der Waals surface area contributed by atoms with Gasteiger partial charge in [0.25, 0.3) is 5.91 Å². The van der Waals surface area contributed by atoms with Crippen molar-refractivity contribution in [2.24, 2.45) is 0 Å². The molecule has 0 aliphatic heterocycles. The summed E-state index contributed by atoms with van der Waals surface area (Å²) < 4.78 is 15.4. The van der Waals surface area contributed by atoms with E-state index >= 15 is 0 Å². The van der Waals surface area contributed by atoms with Crippen molar-refractivity contribution < 1.29 is 23.8 Å². The van der Waals surface area contributed by atoms with E-state index in [0.717, 1.165) is 0 Å². The van der Waals surface area contributed by atoms with E-state index < -0.39 is 18.5 Å². The minimum Gasteiger partial charge on any atom is -0.494 e. The maximum absolute atomic E-state index is 11.8. The molecule has 2 aromatic carbocycles. The van der Waals surface area contributed by atoms with Crippen molar-refractivity contribution in [1.82, 2.24) is 0 Å². The van der Waals surface area contributed by atoms with Crippen LogP contribution < -0.4 is 14.8 Å². The lowest BCUT2D eigenvalue weighted by Crippen LogP contribution is -2.23. The van der Waals surface area contributed by atoms with Crippen molar-refractivity contribution in [3.63, 3.8) is 0 Å². The van der Waals surface area contributed by atoms with Crippen LogP contribution in [0.2, 0.25) is 5.02 Å². The zero-order chi connectivity index (χ0) is 18.1. The Morgan fingerprint density at radius 1 is 0.920 bits per heavy atom. The molecule has 0 radical (unpaired) electrons. The molecule has 2 aromatic rings. The Morgan fingerprint density at radius 3 is 2.16 bits per heavy atom. The second-order valence-corrected chi connectivity index (χ2v) is 5.35. The largest absolute Gasteiger partial charge is 0.494 e. The Kier molecular flexibility index (Phi) is 7.10. The smallest absolute Gasteiger partial charge is 0.344 e. The molecule has 0 fully saturated rings. The van der Waals surface area contributed by atoms with Gasteiger partial charge >= 0.3 is 5.97 Å². The fourth-order valence-electron chi connectivity index (χ4n) is 1.86. The molecule has 2 rings (SSSR count). The van der Waals surface area contributed by atoms with Gasteiger partial charge in [0.2, 0.25) is 0 Å². The number of halogens is 1. The maximum atomic E-state index is 11.8. The molecule has 0 aliphatic carbocycles. The highest BCUT2D eigenvalue weighted by Crippen LogP contribution is 2.16. The van der Waals surface area contributed by atoms with E-state index in [1.54, 1.807) is 48.5 Å². The summed E-state index contributed by atoms with van der Waals surface area (Å²) >= 11 is 5.75. The molecule has 0 heterocycles. The lowest BCUT2D eigenvalue weighted by Gasteiger charge is -2.08. The van der Waals surface area contributed by atoms with E-state index in [0.29, 0.717) is 28.8 Å². The van der Waals surface area contributed by atoms with Crippen molar-refractivity contribution in [1.29, 1.82) is 0 Å². The summed E-state index contributed by atoms with van der Waals surface area (Å²) in [7, 11) is 0. The third-order valence-corrected chi connectivity index (χ3v) is 3.24. The number of amides is 1. The van der Waals surface area contributed by atoms with Crippen LogP contribution >= 0.6 is 11.6 Å². The van der Waals surface area contributed by atoms with E-state index in [1.165, 1.54) is 0 Å². The zero-order valence-electron chi connectivity index (χ0n) is 13.7. The van der Waals surface area contributed by atoms with Gasteiger partial charge in [-0.2, -0.15) is 0 Å². The number of ether oxygens (including phenoxy) is 3. The molecule has 0 spiro atoms. The predicted molar refractivity (Wildman–Crippen MR) is 94.1 cm³/mol. The van der Waals surface area contributed by atoms with Gasteiger partial charge in [-0.15, -0.1) is 0 Å². The quantitative estimate of drug-likeness (QED) is 0.728. The van der Waals surface area contributed by atoms with Crippen LogP contribution in [0.25, 0.3) is 0 Å². The molecule has 25 heavy (non-hydrogen) atoms. The average molecular weight is 364 g/mol. The van der Waals surface area contributed by atoms with Gasteiger partial charge in [-0.1, -0.05) is 11.6 Å². The van der Waals surface area contributed by atoms with Gasteiger partial charge in [-0.05, 0) is 55.5 Å². The van der Waals surface area contributed by atoms with E-state index in [1.807, 2.05) is 6.92 Å². The maximum Gasteiger partial charge on any atom is 0.344 e. The Morgan fingerprint density at radius 2 is 1.52 bits per heavy atom. The highest BCUT2D eigenvalue weighted by atomic mass is 35.5. The molecular formula is C18H18ClNO5. The predicted octanol–water partition coefficient (Wildman–Crippen LogP) is 3.30. The van der Waals surface area contributed by atoms with Crippen LogP contribution in [-0.2, 0) is 14.3 Å². The topological polar surface area (TPSA) is 73.9 Å². The molecule has 7 heteroatoms. The van der Waals surface area contributed by atoms with E-state index in [-0.39, 0.29) is 6.61 Å². The van der Waals surface area contributed by atoms with E-state index in [4.69, 9.17) is 25.8 Å². The van der Waals surface area contributed by atoms with Gasteiger partial charge in [0.05, 0.1) is 6.61 Å². The first-order valence-corrected chi connectivity index (χ1v) is 8.01.